The predicted molar refractivity (Wildman–Crippen MR) is 232 cm³/mol. The Bertz CT molecular complexity index is 2490. The Morgan fingerprint density at radius 3 is 2.34 bits per heavy atom. The molecule has 0 aromatic heterocycles. The number of esters is 1. The number of carbonyl (C=O) groups is 4. The third-order valence-electron chi connectivity index (χ3n) is 12.4. The minimum absolute atomic E-state index is 0.0000687. The maximum absolute atomic E-state index is 15.0. The molecule has 1 saturated heterocycles. The Kier molecular flexibility index (Phi) is 13.9. The van der Waals surface area contributed by atoms with Crippen LogP contribution in [0.4, 0.5) is 0 Å². The molecule has 6 atom stereocenters. The predicted octanol–water partition coefficient (Wildman–Crippen LogP) is 3.77. The molecule has 15 heteroatoms. The topological polar surface area (TPSA) is 264 Å². The highest BCUT2D eigenvalue weighted by molar-refractivity contribution is 6.31. The largest absolute Gasteiger partial charge is 0.507 e. The molecule has 2 fully saturated rings. The van der Waals surface area contributed by atoms with Gasteiger partial charge in [-0.3, -0.25) is 19.2 Å². The first-order chi connectivity index (χ1) is 30.6. The lowest BCUT2D eigenvalue weighted by Gasteiger charge is -2.39. The Balaban J connectivity index is 1.39. The fourth-order valence-electron chi connectivity index (χ4n) is 9.08. The molecular formula is C49H53NO14. The van der Waals surface area contributed by atoms with Gasteiger partial charge in [0.15, 0.2) is 17.9 Å². The second kappa shape index (κ2) is 19.2. The van der Waals surface area contributed by atoms with Gasteiger partial charge < -0.3 is 55.7 Å². The molecule has 6 unspecified atom stereocenters. The van der Waals surface area contributed by atoms with Crippen molar-refractivity contribution < 1.29 is 69.1 Å². The van der Waals surface area contributed by atoms with Crippen molar-refractivity contribution in [2.75, 3.05) is 6.54 Å². The summed E-state index contributed by atoms with van der Waals surface area (Å²) < 4.78 is 17.5. The number of aromatic hydroxyl groups is 1. The van der Waals surface area contributed by atoms with Crippen LogP contribution in [0, 0.1) is 0 Å². The van der Waals surface area contributed by atoms with Gasteiger partial charge in [-0.15, -0.1) is 0 Å². The molecule has 1 heterocycles. The normalized spacial score (nSPS) is 22.0. The van der Waals surface area contributed by atoms with Gasteiger partial charge in [-0.25, -0.2) is 0 Å². The Labute approximate surface area is 369 Å². The van der Waals surface area contributed by atoms with Crippen LogP contribution in [0.25, 0.3) is 12.2 Å². The number of fused-ring (bicyclic) bond motifs is 2. The van der Waals surface area contributed by atoms with Crippen LogP contribution in [0.1, 0.15) is 134 Å². The summed E-state index contributed by atoms with van der Waals surface area (Å²) in [5.74, 6) is -3.64. The van der Waals surface area contributed by atoms with Gasteiger partial charge in [-0.05, 0) is 91.6 Å². The van der Waals surface area contributed by atoms with E-state index in [1.54, 1.807) is 36.4 Å². The monoisotopic (exact) mass is 879 g/mol. The van der Waals surface area contributed by atoms with Crippen molar-refractivity contribution in [3.05, 3.63) is 121 Å². The third kappa shape index (κ3) is 9.03. The number of nitrogens with two attached hydrogens (primary N) is 1. The van der Waals surface area contributed by atoms with Crippen LogP contribution in [0.5, 0.6) is 17.2 Å². The lowest BCUT2D eigenvalue weighted by atomic mass is 9.77. The van der Waals surface area contributed by atoms with Crippen molar-refractivity contribution in [2.45, 2.75) is 114 Å². The van der Waals surface area contributed by atoms with E-state index in [2.05, 4.69) is 0 Å². The summed E-state index contributed by atoms with van der Waals surface area (Å²) in [6.45, 7) is 2.25. The second-order valence-electron chi connectivity index (χ2n) is 16.8. The van der Waals surface area contributed by atoms with Crippen LogP contribution in [0.15, 0.2) is 54.6 Å². The van der Waals surface area contributed by atoms with Crippen LogP contribution in [-0.4, -0.2) is 103 Å². The zero-order valence-corrected chi connectivity index (χ0v) is 35.5. The third-order valence-corrected chi connectivity index (χ3v) is 12.4. The summed E-state index contributed by atoms with van der Waals surface area (Å²) in [5, 5.41) is 77.0. The van der Waals surface area contributed by atoms with Gasteiger partial charge in [-0.1, -0.05) is 61.4 Å². The molecule has 4 aromatic rings. The molecule has 1 saturated carbocycles. The van der Waals surface area contributed by atoms with E-state index < -0.39 is 77.9 Å². The highest BCUT2D eigenvalue weighted by Crippen LogP contribution is 2.46. The molecule has 338 valence electrons. The molecule has 7 rings (SSSR count). The maximum Gasteiger partial charge on any atom is 0.308 e. The van der Waals surface area contributed by atoms with E-state index in [-0.39, 0.29) is 56.9 Å². The van der Waals surface area contributed by atoms with Crippen molar-refractivity contribution in [3.8, 4) is 17.2 Å². The zero-order chi connectivity index (χ0) is 46.0. The average molecular weight is 880 g/mol. The number of aliphatic hydroxyl groups excluding tert-OH is 5. The first-order valence-corrected chi connectivity index (χ1v) is 21.4. The van der Waals surface area contributed by atoms with Crippen LogP contribution >= 0.6 is 0 Å². The molecule has 4 aromatic carbocycles. The number of phenolic OH excluding ortho intramolecular Hbond substituents is 1. The Hall–Kier alpha value is -5.62. The van der Waals surface area contributed by atoms with Gasteiger partial charge in [0, 0.05) is 46.7 Å². The summed E-state index contributed by atoms with van der Waals surface area (Å²) >= 11 is 0. The van der Waals surface area contributed by atoms with Crippen LogP contribution in [0.3, 0.4) is 0 Å². The number of rotatable bonds is 15. The zero-order valence-electron chi connectivity index (χ0n) is 35.5. The van der Waals surface area contributed by atoms with E-state index in [0.29, 0.717) is 61.6 Å². The van der Waals surface area contributed by atoms with Crippen molar-refractivity contribution in [1.82, 2.24) is 0 Å². The number of hydrogen-bond donors (Lipinski definition) is 8. The summed E-state index contributed by atoms with van der Waals surface area (Å²) in [6.07, 6.45) is -1.14. The average Bonchev–Trinajstić information content (AvgIpc) is 3.72. The minimum Gasteiger partial charge on any atom is -0.507 e. The highest BCUT2D eigenvalue weighted by Gasteiger charge is 2.45. The minimum atomic E-state index is -1.83. The van der Waals surface area contributed by atoms with Crippen LogP contribution < -0.4 is 15.2 Å². The molecule has 15 nitrogen and oxygen atoms in total. The molecule has 9 N–H and O–H groups in total. The van der Waals surface area contributed by atoms with Gasteiger partial charge in [-0.2, -0.15) is 0 Å². The van der Waals surface area contributed by atoms with E-state index in [1.807, 2.05) is 12.1 Å². The van der Waals surface area contributed by atoms with Crippen molar-refractivity contribution in [2.24, 2.45) is 5.73 Å². The summed E-state index contributed by atoms with van der Waals surface area (Å²) in [7, 11) is 0. The number of phenols is 1. The number of aliphatic hydroxyl groups is 6. The molecule has 1 aliphatic heterocycles. The van der Waals surface area contributed by atoms with Crippen molar-refractivity contribution in [1.29, 1.82) is 0 Å². The standard InChI is InChI=1S/C49H53NO14/c1-25-42(55)46(59)47(60)48(62-25)64-38-22-34-41(43(56)33(38)20-29-10-6-12-36(35(29)24-52)49(61)15-3-4-16-49)45(58)39-30(23-51)21-37(63-26(2)53)32(40(39)44(34)57)14-13-27-8-5-9-28(18-27)19-31(54)11-7-17-50/h5-6,8-10,12-14,18,21-22,24-25,31,42,46-48,51,54-56,59-61H,3-4,7,11,15-17,19-20,23,50H2,1-2H3. The quantitative estimate of drug-likeness (QED) is 0.0322. The van der Waals surface area contributed by atoms with E-state index in [9.17, 15) is 50.1 Å². The number of benzene rings is 4. The first kappa shape index (κ1) is 46.4. The van der Waals surface area contributed by atoms with Gasteiger partial charge in [0.25, 0.3) is 0 Å². The first-order valence-electron chi connectivity index (χ1n) is 21.4. The molecule has 0 spiro atoms. The van der Waals surface area contributed by atoms with Gasteiger partial charge in [0.05, 0.1) is 30.0 Å². The van der Waals surface area contributed by atoms with Crippen molar-refractivity contribution >= 4 is 36.0 Å². The van der Waals surface area contributed by atoms with E-state index in [1.165, 1.54) is 25.1 Å². The summed E-state index contributed by atoms with van der Waals surface area (Å²) in [5.41, 5.74) is 5.07. The highest BCUT2D eigenvalue weighted by atomic mass is 16.7. The second-order valence-corrected chi connectivity index (χ2v) is 16.8. The number of carbonyl (C=O) groups excluding carboxylic acids is 4. The van der Waals surface area contributed by atoms with Gasteiger partial charge in [0.1, 0.15) is 35.6 Å². The fourth-order valence-corrected chi connectivity index (χ4v) is 9.08. The molecule has 2 aliphatic carbocycles. The Morgan fingerprint density at radius 1 is 0.922 bits per heavy atom. The maximum atomic E-state index is 15.0. The number of aldehydes is 1. The lowest BCUT2D eigenvalue weighted by molar-refractivity contribution is -0.268. The fraction of sp³-hybridized carbons (Fsp3) is 0.388. The molecular weight excluding hydrogens is 827 g/mol. The number of ketones is 2. The summed E-state index contributed by atoms with van der Waals surface area (Å²) in [6, 6.07) is 14.6. The SMILES string of the molecule is CC(=O)Oc1cc(CO)c2c(c1C=Cc1cccc(CC(O)CCCN)c1)C(=O)c1cc(OC3OC(C)C(O)C(O)C3O)c(Cc3cccc(C4(O)CCCC4)c3C=O)c(O)c1C2=O. The molecule has 0 amide bonds. The number of hydrogen-bond acceptors (Lipinski definition) is 15. The lowest BCUT2D eigenvalue weighted by Crippen LogP contribution is -2.58. The van der Waals surface area contributed by atoms with Gasteiger partial charge >= 0.3 is 5.97 Å². The molecule has 0 bridgehead atoms. The van der Waals surface area contributed by atoms with E-state index >= 15 is 4.79 Å². The molecule has 0 radical (unpaired) electrons. The number of ether oxygens (including phenoxy) is 3. The van der Waals surface area contributed by atoms with Crippen LogP contribution in [0.2, 0.25) is 0 Å². The van der Waals surface area contributed by atoms with Gasteiger partial charge in [0.2, 0.25) is 6.29 Å². The smallest absolute Gasteiger partial charge is 0.308 e. The molecule has 64 heavy (non-hydrogen) atoms. The molecule has 3 aliphatic rings. The van der Waals surface area contributed by atoms with Crippen LogP contribution in [-0.2, 0) is 34.6 Å². The summed E-state index contributed by atoms with van der Waals surface area (Å²) in [4.78, 5) is 55.1. The Morgan fingerprint density at radius 2 is 1.66 bits per heavy atom. The van der Waals surface area contributed by atoms with E-state index in [4.69, 9.17) is 19.9 Å². The van der Waals surface area contributed by atoms with Crippen molar-refractivity contribution in [3.63, 3.8) is 0 Å². The van der Waals surface area contributed by atoms with E-state index in [0.717, 1.165) is 25.3 Å².